The largest absolute Gasteiger partial charge is 0.507 e. The summed E-state index contributed by atoms with van der Waals surface area (Å²) >= 11 is 4.88. The summed E-state index contributed by atoms with van der Waals surface area (Å²) in [6, 6.07) is 19.1. The van der Waals surface area contributed by atoms with Crippen LogP contribution in [0, 0.1) is 0 Å². The van der Waals surface area contributed by atoms with Gasteiger partial charge in [-0.1, -0.05) is 55.8 Å². The van der Waals surface area contributed by atoms with E-state index in [1.54, 1.807) is 12.1 Å². The number of Topliss-reactive ketones (excluding diaryl/α,β-unsaturated/α-hetero) is 1. The molecule has 32 heavy (non-hydrogen) atoms. The molecule has 0 aromatic heterocycles. The van der Waals surface area contributed by atoms with Crippen molar-refractivity contribution in [3.63, 3.8) is 0 Å². The van der Waals surface area contributed by atoms with Crippen molar-refractivity contribution in [3.05, 3.63) is 99.6 Å². The lowest BCUT2D eigenvalue weighted by atomic mass is 9.91. The van der Waals surface area contributed by atoms with E-state index in [0.717, 1.165) is 34.2 Å². The van der Waals surface area contributed by atoms with E-state index in [9.17, 15) is 14.7 Å². The van der Waals surface area contributed by atoms with Gasteiger partial charge < -0.3 is 9.84 Å². The van der Waals surface area contributed by atoms with Crippen LogP contribution < -0.4 is 0 Å². The van der Waals surface area contributed by atoms with Crippen LogP contribution in [-0.2, 0) is 17.6 Å². The van der Waals surface area contributed by atoms with E-state index in [1.165, 1.54) is 14.0 Å². The Morgan fingerprint density at radius 2 is 1.72 bits per heavy atom. The zero-order valence-corrected chi connectivity index (χ0v) is 19.5. The van der Waals surface area contributed by atoms with E-state index in [0.29, 0.717) is 24.0 Å². The summed E-state index contributed by atoms with van der Waals surface area (Å²) in [5, 5.41) is 10.5. The molecule has 0 saturated carbocycles. The number of phenolic OH excluding ortho intramolecular Hbond substituents is 1. The molecule has 0 aliphatic heterocycles. The molecule has 166 valence electrons. The number of thiol groups is 1. The molecule has 1 unspecified atom stereocenters. The van der Waals surface area contributed by atoms with Crippen LogP contribution in [-0.4, -0.2) is 24.0 Å². The number of esters is 1. The first kappa shape index (κ1) is 23.6. The predicted octanol–water partition coefficient (Wildman–Crippen LogP) is 5.94. The Bertz CT molecular complexity index is 1140. The fraction of sp³-hybridized carbons (Fsp3) is 0.259. The molecule has 0 fully saturated rings. The van der Waals surface area contributed by atoms with Crippen molar-refractivity contribution in [1.29, 1.82) is 0 Å². The molecule has 0 spiro atoms. The fourth-order valence-corrected chi connectivity index (χ4v) is 4.32. The fourth-order valence-electron chi connectivity index (χ4n) is 3.92. The van der Waals surface area contributed by atoms with E-state index in [4.69, 9.17) is 17.4 Å². The van der Waals surface area contributed by atoms with Crippen LogP contribution in [0.1, 0.15) is 74.1 Å². The molecular weight excluding hydrogens is 420 g/mol. The second-order valence-corrected chi connectivity index (χ2v) is 8.37. The van der Waals surface area contributed by atoms with Gasteiger partial charge in [-0.15, -0.1) is 0 Å². The molecule has 4 nitrogen and oxygen atoms in total. The Morgan fingerprint density at radius 1 is 1.03 bits per heavy atom. The predicted molar refractivity (Wildman–Crippen MR) is 130 cm³/mol. The standard InChI is InChI=1S/C27H28O4S/c1-4-7-23-24(13-12-22(17(2)28)25(23)29)26(32)20-10-5-8-18(15-20)14-19-9-6-11-21(16-19)27(30)31-3/h5-6,8-13,15-16,26,29,32H,4,7,14H2,1-3H3. The highest BCUT2D eigenvalue weighted by molar-refractivity contribution is 7.80. The number of ether oxygens (including phenoxy) is 1. The van der Waals surface area contributed by atoms with Gasteiger partial charge in [0.15, 0.2) is 5.78 Å². The summed E-state index contributed by atoms with van der Waals surface area (Å²) in [5.41, 5.74) is 5.65. The number of rotatable bonds is 8. The highest BCUT2D eigenvalue weighted by Gasteiger charge is 2.20. The molecule has 1 N–H and O–H groups in total. The normalized spacial score (nSPS) is 11.8. The van der Waals surface area contributed by atoms with Crippen LogP contribution in [0.4, 0.5) is 0 Å². The van der Waals surface area contributed by atoms with Gasteiger partial charge in [0.25, 0.3) is 0 Å². The molecule has 0 aliphatic carbocycles. The Kier molecular flexibility index (Phi) is 7.75. The van der Waals surface area contributed by atoms with Crippen LogP contribution in [0.5, 0.6) is 5.75 Å². The van der Waals surface area contributed by atoms with Gasteiger partial charge in [0.05, 0.1) is 23.5 Å². The quantitative estimate of drug-likeness (QED) is 0.254. The molecule has 3 aromatic rings. The Labute approximate surface area is 194 Å². The summed E-state index contributed by atoms with van der Waals surface area (Å²) in [7, 11) is 1.37. The zero-order chi connectivity index (χ0) is 23.3. The zero-order valence-electron chi connectivity index (χ0n) is 18.6. The number of benzene rings is 3. The summed E-state index contributed by atoms with van der Waals surface area (Å²) in [5.74, 6) is -0.446. The molecule has 0 amide bonds. The summed E-state index contributed by atoms with van der Waals surface area (Å²) < 4.78 is 4.81. The van der Waals surface area contributed by atoms with E-state index >= 15 is 0 Å². The average molecular weight is 449 g/mol. The lowest BCUT2D eigenvalue weighted by Gasteiger charge is -2.19. The average Bonchev–Trinajstić information content (AvgIpc) is 2.79. The minimum absolute atomic E-state index is 0.0617. The molecule has 5 heteroatoms. The van der Waals surface area contributed by atoms with Gasteiger partial charge >= 0.3 is 5.97 Å². The maximum absolute atomic E-state index is 11.9. The molecular formula is C27H28O4S. The molecule has 3 rings (SSSR count). The number of hydrogen-bond donors (Lipinski definition) is 2. The number of aromatic hydroxyl groups is 1. The lowest BCUT2D eigenvalue weighted by Crippen LogP contribution is -2.04. The Balaban J connectivity index is 1.92. The Morgan fingerprint density at radius 3 is 2.38 bits per heavy atom. The first-order chi connectivity index (χ1) is 15.3. The maximum atomic E-state index is 11.9. The van der Waals surface area contributed by atoms with Crippen molar-refractivity contribution in [3.8, 4) is 5.75 Å². The van der Waals surface area contributed by atoms with Crippen molar-refractivity contribution < 1.29 is 19.4 Å². The SMILES string of the molecule is CCCc1c(C(S)c2cccc(Cc3cccc(C(=O)OC)c3)c2)ccc(C(C)=O)c1O. The van der Waals surface area contributed by atoms with Crippen molar-refractivity contribution in [2.24, 2.45) is 0 Å². The third-order valence-corrected chi connectivity index (χ3v) is 6.09. The monoisotopic (exact) mass is 448 g/mol. The van der Waals surface area contributed by atoms with E-state index in [-0.39, 0.29) is 22.8 Å². The molecule has 0 heterocycles. The first-order valence-corrected chi connectivity index (χ1v) is 11.2. The van der Waals surface area contributed by atoms with Gasteiger partial charge in [-0.05, 0) is 65.8 Å². The summed E-state index contributed by atoms with van der Waals surface area (Å²) in [6.45, 7) is 3.50. The van der Waals surface area contributed by atoms with Gasteiger partial charge in [-0.25, -0.2) is 4.79 Å². The number of methoxy groups -OCH3 is 1. The second kappa shape index (κ2) is 10.5. The lowest BCUT2D eigenvalue weighted by molar-refractivity contribution is 0.0600. The molecule has 1 atom stereocenters. The summed E-state index contributed by atoms with van der Waals surface area (Å²) in [4.78, 5) is 23.7. The molecule has 0 bridgehead atoms. The van der Waals surface area contributed by atoms with Crippen LogP contribution in [0.15, 0.2) is 60.7 Å². The molecule has 0 aliphatic rings. The van der Waals surface area contributed by atoms with Crippen molar-refractivity contribution in [1.82, 2.24) is 0 Å². The van der Waals surface area contributed by atoms with Gasteiger partial charge in [-0.2, -0.15) is 12.6 Å². The topological polar surface area (TPSA) is 63.6 Å². The van der Waals surface area contributed by atoms with E-state index in [2.05, 4.69) is 6.07 Å². The van der Waals surface area contributed by atoms with Gasteiger partial charge in [0.1, 0.15) is 5.75 Å². The number of carbonyl (C=O) groups is 2. The van der Waals surface area contributed by atoms with Crippen LogP contribution in [0.3, 0.4) is 0 Å². The van der Waals surface area contributed by atoms with Crippen molar-refractivity contribution in [2.45, 2.75) is 38.4 Å². The number of phenols is 1. The number of carbonyl (C=O) groups excluding carboxylic acids is 2. The van der Waals surface area contributed by atoms with E-state index < -0.39 is 0 Å². The van der Waals surface area contributed by atoms with Crippen molar-refractivity contribution in [2.75, 3.05) is 7.11 Å². The number of ketones is 1. The second-order valence-electron chi connectivity index (χ2n) is 7.85. The van der Waals surface area contributed by atoms with Gasteiger partial charge in [0, 0.05) is 0 Å². The first-order valence-electron chi connectivity index (χ1n) is 10.7. The van der Waals surface area contributed by atoms with Crippen LogP contribution >= 0.6 is 12.6 Å². The van der Waals surface area contributed by atoms with Gasteiger partial charge in [-0.3, -0.25) is 4.79 Å². The number of hydrogen-bond acceptors (Lipinski definition) is 5. The molecule has 0 radical (unpaired) electrons. The molecule has 0 saturated heterocycles. The maximum Gasteiger partial charge on any atom is 0.337 e. The molecule has 3 aromatic carbocycles. The minimum Gasteiger partial charge on any atom is -0.507 e. The third kappa shape index (κ3) is 5.22. The minimum atomic E-state index is -0.353. The third-order valence-electron chi connectivity index (χ3n) is 5.52. The smallest absolute Gasteiger partial charge is 0.337 e. The van der Waals surface area contributed by atoms with Crippen molar-refractivity contribution >= 4 is 24.4 Å². The highest BCUT2D eigenvalue weighted by atomic mass is 32.1. The van der Waals surface area contributed by atoms with Gasteiger partial charge in [0.2, 0.25) is 0 Å². The Hall–Kier alpha value is -3.05. The highest BCUT2D eigenvalue weighted by Crippen LogP contribution is 2.37. The summed E-state index contributed by atoms with van der Waals surface area (Å²) in [6.07, 6.45) is 2.17. The van der Waals surface area contributed by atoms with E-state index in [1.807, 2.05) is 49.4 Å². The van der Waals surface area contributed by atoms with Crippen LogP contribution in [0.25, 0.3) is 0 Å². The van der Waals surface area contributed by atoms with Crippen LogP contribution in [0.2, 0.25) is 0 Å².